The Morgan fingerprint density at radius 2 is 0.540 bits per heavy atom. The molecule has 0 amide bonds. The predicted octanol–water partition coefficient (Wildman–Crippen LogP) is 23.0. The molecule has 0 aliphatic rings. The number of carbonyl (C=O) groups excluding carboxylic acids is 4. The summed E-state index contributed by atoms with van der Waals surface area (Å²) in [4.78, 5) is 72.9. The van der Waals surface area contributed by atoms with Gasteiger partial charge in [0.25, 0.3) is 0 Å². The van der Waals surface area contributed by atoms with Gasteiger partial charge >= 0.3 is 39.5 Å². The standard InChI is InChI=1S/C81H144O17P2/c1-5-9-13-17-21-25-29-32-35-36-37-38-41-43-47-50-54-58-62-66-79(84)91-71-76(97-80(85)67-63-59-55-51-45-28-24-20-16-12-8-4)73-95-99(87,88)93-69-75(82)70-94-100(89,90)96-74-77(98-81(86)68-64-60-56-52-48-44-40-34-31-27-23-19-15-11-7-3)72-92-78(83)65-61-57-53-49-46-42-39-33-30-26-22-18-14-10-6-2/h9,13,21,25,32-33,35,37-39,43,47,54,58,75-77,82H,5-8,10-12,14-20,22-24,26-31,34,36,40-42,44-46,48-53,55-57,59-74H2,1-4H3,(H,87,88)(H,89,90)/b13-9-,25-21-,35-32-,38-37-,39-33-,47-43-,58-54-. The Morgan fingerprint density at radius 1 is 0.290 bits per heavy atom. The highest BCUT2D eigenvalue weighted by atomic mass is 31.2. The number of unbranched alkanes of at least 4 members (excludes halogenated alkanes) is 35. The van der Waals surface area contributed by atoms with E-state index in [4.69, 9.17) is 37.0 Å². The van der Waals surface area contributed by atoms with Crippen LogP contribution in [-0.2, 0) is 65.4 Å². The molecule has 5 unspecified atom stereocenters. The average Bonchev–Trinajstić information content (AvgIpc) is 0.953. The van der Waals surface area contributed by atoms with Gasteiger partial charge in [0, 0.05) is 25.7 Å². The van der Waals surface area contributed by atoms with E-state index in [9.17, 15) is 43.2 Å². The molecule has 0 radical (unpaired) electrons. The van der Waals surface area contributed by atoms with Crippen LogP contribution in [0.4, 0.5) is 0 Å². The maximum atomic E-state index is 13.1. The van der Waals surface area contributed by atoms with Crippen LogP contribution in [0.2, 0.25) is 0 Å². The number of carbonyl (C=O) groups is 4. The fourth-order valence-electron chi connectivity index (χ4n) is 10.8. The molecule has 0 aromatic rings. The maximum Gasteiger partial charge on any atom is 0.472 e. The molecule has 0 bridgehead atoms. The molecule has 17 nitrogen and oxygen atoms in total. The Morgan fingerprint density at radius 3 is 0.860 bits per heavy atom. The number of aliphatic hydroxyl groups is 1. The fraction of sp³-hybridized carbons (Fsp3) is 0.778. The van der Waals surface area contributed by atoms with Gasteiger partial charge in [-0.05, 0) is 89.9 Å². The van der Waals surface area contributed by atoms with Crippen molar-refractivity contribution in [1.82, 2.24) is 0 Å². The molecule has 5 atom stereocenters. The molecule has 580 valence electrons. The normalized spacial score (nSPS) is 14.3. The van der Waals surface area contributed by atoms with Gasteiger partial charge in [0.05, 0.1) is 26.4 Å². The average molecular weight is 1450 g/mol. The van der Waals surface area contributed by atoms with E-state index in [0.717, 1.165) is 122 Å². The van der Waals surface area contributed by atoms with Crippen LogP contribution >= 0.6 is 15.6 Å². The van der Waals surface area contributed by atoms with E-state index < -0.39 is 97.5 Å². The third-order valence-corrected chi connectivity index (χ3v) is 18.8. The number of rotatable bonds is 75. The van der Waals surface area contributed by atoms with Crippen molar-refractivity contribution in [3.63, 3.8) is 0 Å². The van der Waals surface area contributed by atoms with Crippen molar-refractivity contribution in [3.8, 4) is 0 Å². The second-order valence-corrected chi connectivity index (χ2v) is 29.5. The minimum Gasteiger partial charge on any atom is -0.462 e. The number of phosphoric ester groups is 2. The number of esters is 4. The maximum absolute atomic E-state index is 13.1. The zero-order valence-electron chi connectivity index (χ0n) is 63.4. The minimum absolute atomic E-state index is 0.0390. The molecule has 0 saturated carbocycles. The van der Waals surface area contributed by atoms with E-state index in [2.05, 4.69) is 94.5 Å². The Hall–Kier alpha value is -3.76. The molecule has 0 fully saturated rings. The number of allylic oxidation sites excluding steroid dienone is 14. The van der Waals surface area contributed by atoms with E-state index in [1.807, 2.05) is 18.2 Å². The van der Waals surface area contributed by atoms with Crippen molar-refractivity contribution < 1.29 is 80.2 Å². The summed E-state index contributed by atoms with van der Waals surface area (Å²) in [7, 11) is -9.96. The third kappa shape index (κ3) is 72.6. The van der Waals surface area contributed by atoms with E-state index in [1.54, 1.807) is 0 Å². The summed E-state index contributed by atoms with van der Waals surface area (Å²) < 4.78 is 68.5. The van der Waals surface area contributed by atoms with Crippen molar-refractivity contribution in [2.45, 2.75) is 367 Å². The minimum atomic E-state index is -4.98. The van der Waals surface area contributed by atoms with E-state index in [-0.39, 0.29) is 25.7 Å². The topological polar surface area (TPSA) is 237 Å². The van der Waals surface area contributed by atoms with Crippen LogP contribution in [0.25, 0.3) is 0 Å². The van der Waals surface area contributed by atoms with Gasteiger partial charge in [0.2, 0.25) is 0 Å². The first-order chi connectivity index (χ1) is 48.7. The quantitative estimate of drug-likeness (QED) is 0.0169. The molecule has 3 N–H and O–H groups in total. The molecule has 0 spiro atoms. The lowest BCUT2D eigenvalue weighted by atomic mass is 10.0. The molecule has 0 rings (SSSR count). The van der Waals surface area contributed by atoms with Crippen molar-refractivity contribution in [2.75, 3.05) is 39.6 Å². The highest BCUT2D eigenvalue weighted by molar-refractivity contribution is 7.47. The highest BCUT2D eigenvalue weighted by Gasteiger charge is 2.30. The van der Waals surface area contributed by atoms with Crippen molar-refractivity contribution in [1.29, 1.82) is 0 Å². The summed E-state index contributed by atoms with van der Waals surface area (Å²) in [5.74, 6) is -2.25. The van der Waals surface area contributed by atoms with Crippen molar-refractivity contribution in [3.05, 3.63) is 85.1 Å². The van der Waals surface area contributed by atoms with Gasteiger partial charge in [-0.2, -0.15) is 0 Å². The zero-order valence-corrected chi connectivity index (χ0v) is 65.2. The molecule has 0 aromatic carbocycles. The van der Waals surface area contributed by atoms with Gasteiger partial charge in [0.15, 0.2) is 12.2 Å². The lowest BCUT2D eigenvalue weighted by Crippen LogP contribution is -2.30. The van der Waals surface area contributed by atoms with Gasteiger partial charge in [-0.25, -0.2) is 9.13 Å². The molecule has 0 aliphatic heterocycles. The Labute approximate surface area is 608 Å². The second-order valence-electron chi connectivity index (χ2n) is 26.6. The Kier molecular flexibility index (Phi) is 70.8. The highest BCUT2D eigenvalue weighted by Crippen LogP contribution is 2.45. The SMILES string of the molecule is CC/C=C\C/C=C\C/C=C\C/C=C\C/C=C\C/C=C\CCC(=O)OCC(COP(=O)(O)OCC(O)COP(=O)(O)OCC(COC(=O)CCCCCCC/C=C\CCCCCCCC)OC(=O)CCCCCCCCCCCCCCCCC)OC(=O)CCCCCCCCCCCCC. The summed E-state index contributed by atoms with van der Waals surface area (Å²) in [6, 6.07) is 0. The van der Waals surface area contributed by atoms with E-state index >= 15 is 0 Å². The molecular formula is C81H144O17P2. The summed E-state index contributed by atoms with van der Waals surface area (Å²) in [5, 5.41) is 10.6. The van der Waals surface area contributed by atoms with Crippen molar-refractivity contribution in [2.24, 2.45) is 0 Å². The van der Waals surface area contributed by atoms with Crippen LogP contribution in [-0.4, -0.2) is 96.7 Å². The van der Waals surface area contributed by atoms with Gasteiger partial charge in [-0.3, -0.25) is 37.3 Å². The fourth-order valence-corrected chi connectivity index (χ4v) is 12.4. The largest absolute Gasteiger partial charge is 0.472 e. The first kappa shape index (κ1) is 96.2. The monoisotopic (exact) mass is 1450 g/mol. The number of ether oxygens (including phenoxy) is 4. The predicted molar refractivity (Wildman–Crippen MR) is 409 cm³/mol. The Bertz CT molecular complexity index is 2230. The number of aliphatic hydroxyl groups excluding tert-OH is 1. The molecule has 0 aromatic heterocycles. The first-order valence-corrected chi connectivity index (χ1v) is 42.8. The zero-order chi connectivity index (χ0) is 73.2. The number of hydrogen-bond acceptors (Lipinski definition) is 15. The molecule has 0 aliphatic carbocycles. The third-order valence-electron chi connectivity index (χ3n) is 16.9. The second kappa shape index (κ2) is 73.5. The first-order valence-electron chi connectivity index (χ1n) is 39.8. The van der Waals surface area contributed by atoms with Crippen LogP contribution in [0.15, 0.2) is 85.1 Å². The van der Waals surface area contributed by atoms with Gasteiger partial charge < -0.3 is 33.8 Å². The lowest BCUT2D eigenvalue weighted by molar-refractivity contribution is -0.161. The van der Waals surface area contributed by atoms with E-state index in [0.29, 0.717) is 32.1 Å². The lowest BCUT2D eigenvalue weighted by Gasteiger charge is -2.21. The smallest absolute Gasteiger partial charge is 0.462 e. The van der Waals surface area contributed by atoms with Crippen LogP contribution in [0.3, 0.4) is 0 Å². The van der Waals surface area contributed by atoms with Gasteiger partial charge in [0.1, 0.15) is 19.3 Å². The summed E-state index contributed by atoms with van der Waals surface area (Å²) >= 11 is 0. The van der Waals surface area contributed by atoms with E-state index in [1.165, 1.54) is 141 Å². The molecule has 0 saturated heterocycles. The number of hydrogen-bond donors (Lipinski definition) is 3. The van der Waals surface area contributed by atoms with Gasteiger partial charge in [-0.15, -0.1) is 0 Å². The van der Waals surface area contributed by atoms with Crippen LogP contribution in [0.5, 0.6) is 0 Å². The Balaban J connectivity index is 5.35. The summed E-state index contributed by atoms with van der Waals surface area (Å²) in [6.07, 6.45) is 75.8. The molecule has 19 heteroatoms. The number of phosphoric acid groups is 2. The summed E-state index contributed by atoms with van der Waals surface area (Å²) in [6.45, 7) is 4.71. The van der Waals surface area contributed by atoms with Gasteiger partial charge in [-0.1, -0.05) is 318 Å². The van der Waals surface area contributed by atoms with Crippen LogP contribution < -0.4 is 0 Å². The van der Waals surface area contributed by atoms with Crippen LogP contribution in [0.1, 0.15) is 349 Å². The molecule has 100 heavy (non-hydrogen) atoms. The summed E-state index contributed by atoms with van der Waals surface area (Å²) in [5.41, 5.74) is 0. The van der Waals surface area contributed by atoms with Crippen molar-refractivity contribution >= 4 is 39.5 Å². The molecule has 0 heterocycles. The molecular weight excluding hydrogens is 1310 g/mol. The van der Waals surface area contributed by atoms with Crippen LogP contribution in [0, 0.1) is 0 Å².